The second-order valence-electron chi connectivity index (χ2n) is 14.3. The van der Waals surface area contributed by atoms with Gasteiger partial charge in [-0.2, -0.15) is 5.10 Å². The van der Waals surface area contributed by atoms with Crippen LogP contribution >= 0.6 is 0 Å². The zero-order chi connectivity index (χ0) is 34.1. The highest BCUT2D eigenvalue weighted by Crippen LogP contribution is 2.39. The lowest BCUT2D eigenvalue weighted by Gasteiger charge is -2.56. The molecule has 4 atom stereocenters. The van der Waals surface area contributed by atoms with Crippen LogP contribution in [0.2, 0.25) is 0 Å². The summed E-state index contributed by atoms with van der Waals surface area (Å²) in [5, 5.41) is 5.69. The molecule has 14 heteroatoms. The summed E-state index contributed by atoms with van der Waals surface area (Å²) >= 11 is 0. The first-order valence-corrected chi connectivity index (χ1v) is 18.3. The summed E-state index contributed by atoms with van der Waals surface area (Å²) in [6, 6.07) is 7.97. The van der Waals surface area contributed by atoms with Crippen molar-refractivity contribution in [1.82, 2.24) is 29.6 Å². The maximum absolute atomic E-state index is 13.0. The Morgan fingerprint density at radius 2 is 1.77 bits per heavy atom. The number of piperazine rings is 1. The van der Waals surface area contributed by atoms with E-state index in [0.29, 0.717) is 36.9 Å². The van der Waals surface area contributed by atoms with Gasteiger partial charge in [0.05, 0.1) is 47.9 Å². The Labute approximate surface area is 280 Å². The van der Waals surface area contributed by atoms with Gasteiger partial charge in [0.2, 0.25) is 0 Å². The Morgan fingerprint density at radius 1 is 1.04 bits per heavy atom. The first-order chi connectivity index (χ1) is 22.7. The number of methoxy groups -OCH3 is 1. The van der Waals surface area contributed by atoms with E-state index >= 15 is 0 Å². The predicted octanol–water partition coefficient (Wildman–Crippen LogP) is 4.26. The van der Waals surface area contributed by atoms with Crippen molar-refractivity contribution in [2.75, 3.05) is 48.6 Å². The maximum Gasteiger partial charge on any atom is 0.410 e. The van der Waals surface area contributed by atoms with Gasteiger partial charge in [-0.3, -0.25) is 14.9 Å². The largest absolute Gasteiger partial charge is 0.496 e. The fraction of sp³-hybridized carbons (Fsp3) is 0.500. The lowest BCUT2D eigenvalue weighted by Crippen LogP contribution is -2.70. The van der Waals surface area contributed by atoms with E-state index in [1.807, 2.05) is 55.5 Å². The molecular formula is C34H42N8O5S. The Hall–Kier alpha value is -4.46. The molecule has 13 nitrogen and oxygen atoms in total. The zero-order valence-electron chi connectivity index (χ0n) is 28.4. The van der Waals surface area contributed by atoms with Gasteiger partial charge in [0.15, 0.2) is 5.82 Å². The van der Waals surface area contributed by atoms with Gasteiger partial charge in [-0.15, -0.1) is 0 Å². The number of ether oxygens (including phenoxy) is 2. The minimum absolute atomic E-state index is 0.0331. The number of hydrogen-bond acceptors (Lipinski definition) is 11. The number of fused-ring (bicyclic) bond motifs is 3. The van der Waals surface area contributed by atoms with E-state index in [1.54, 1.807) is 25.7 Å². The lowest BCUT2D eigenvalue weighted by molar-refractivity contribution is -0.0380. The van der Waals surface area contributed by atoms with Crippen LogP contribution in [0.1, 0.15) is 39.8 Å². The molecule has 2 bridgehead atoms. The number of nitrogens with zero attached hydrogens (tertiary/aromatic N) is 8. The molecule has 0 saturated carbocycles. The Morgan fingerprint density at radius 3 is 2.44 bits per heavy atom. The molecule has 0 aliphatic carbocycles. The lowest BCUT2D eigenvalue weighted by atomic mass is 9.88. The van der Waals surface area contributed by atoms with Gasteiger partial charge in [0.1, 0.15) is 27.0 Å². The van der Waals surface area contributed by atoms with Gasteiger partial charge in [0, 0.05) is 79.1 Å². The molecule has 4 saturated heterocycles. The number of aromatic nitrogens is 5. The standard InChI is InChI=1S/C34H42N8O5S/c1-20-26-15-36-42(29(26)13-28(37-20)27-14-35-9-8-30(27)46-6)32-12-23(40-16-22(21(40)2)19-48(7,44)45)11-31(38-32)39-17-24-10-25(18-39)41(24)33(43)47-34(3,4)5/h8-9,11-15,21-22,24-25H,10,16-19H2,1-7H3/t21-,22-,24?,25?/m1/s1. The number of pyridine rings is 3. The molecule has 4 aromatic heterocycles. The topological polar surface area (TPSA) is 136 Å². The number of sulfone groups is 1. The van der Waals surface area contributed by atoms with Gasteiger partial charge in [-0.05, 0) is 53.2 Å². The van der Waals surface area contributed by atoms with E-state index in [2.05, 4.69) is 27.8 Å². The number of piperidine rings is 1. The number of rotatable bonds is 7. The molecule has 48 heavy (non-hydrogen) atoms. The summed E-state index contributed by atoms with van der Waals surface area (Å²) in [5.74, 6) is 2.28. The summed E-state index contributed by atoms with van der Waals surface area (Å²) < 4.78 is 37.3. The van der Waals surface area contributed by atoms with Crippen LogP contribution in [0.15, 0.2) is 42.9 Å². The van der Waals surface area contributed by atoms with Crippen molar-refractivity contribution in [3.63, 3.8) is 0 Å². The van der Waals surface area contributed by atoms with E-state index < -0.39 is 15.4 Å². The summed E-state index contributed by atoms with van der Waals surface area (Å²) in [5.41, 5.74) is 3.52. The van der Waals surface area contributed by atoms with Crippen LogP contribution in [-0.2, 0) is 14.6 Å². The molecule has 4 aliphatic heterocycles. The molecular weight excluding hydrogens is 632 g/mol. The number of anilines is 2. The van der Waals surface area contributed by atoms with Gasteiger partial charge in [-0.1, -0.05) is 0 Å². The summed E-state index contributed by atoms with van der Waals surface area (Å²) in [4.78, 5) is 33.6. The monoisotopic (exact) mass is 674 g/mol. The summed E-state index contributed by atoms with van der Waals surface area (Å²) in [6.45, 7) is 11.6. The van der Waals surface area contributed by atoms with Crippen molar-refractivity contribution >= 4 is 38.3 Å². The quantitative estimate of drug-likeness (QED) is 0.278. The van der Waals surface area contributed by atoms with Crippen molar-refractivity contribution in [1.29, 1.82) is 0 Å². The minimum atomic E-state index is -3.10. The van der Waals surface area contributed by atoms with Crippen LogP contribution < -0.4 is 14.5 Å². The third-order valence-electron chi connectivity index (χ3n) is 9.61. The van der Waals surface area contributed by atoms with Gasteiger partial charge < -0.3 is 19.3 Å². The maximum atomic E-state index is 13.0. The average molecular weight is 675 g/mol. The number of carbonyl (C=O) groups excluding carboxylic acids is 1. The SMILES string of the molecule is COc1ccncc1-c1cc2c(cnn2-c2cc(N3C[C@H](CS(C)(=O)=O)[C@H]3C)cc(N3CC4CC(C3)N4C(=O)OC(C)(C)C)n2)c(C)n1. The zero-order valence-corrected chi connectivity index (χ0v) is 29.2. The molecule has 4 aromatic rings. The first-order valence-electron chi connectivity index (χ1n) is 16.3. The first kappa shape index (κ1) is 32.1. The molecule has 4 fully saturated rings. The smallest absolute Gasteiger partial charge is 0.410 e. The molecule has 0 spiro atoms. The Bertz CT molecular complexity index is 2000. The number of amides is 1. The van der Waals surface area contributed by atoms with Crippen LogP contribution in [0.25, 0.3) is 28.0 Å². The van der Waals surface area contributed by atoms with Crippen molar-refractivity contribution in [3.8, 4) is 22.8 Å². The third-order valence-corrected chi connectivity index (χ3v) is 10.6. The summed E-state index contributed by atoms with van der Waals surface area (Å²) in [6.07, 6.45) is 7.18. The second-order valence-corrected chi connectivity index (χ2v) is 16.5. The Balaban J connectivity index is 1.27. The number of aryl methyl sites for hydroxylation is 1. The highest BCUT2D eigenvalue weighted by atomic mass is 32.2. The molecule has 8 heterocycles. The van der Waals surface area contributed by atoms with Crippen LogP contribution in [0.4, 0.5) is 16.3 Å². The molecule has 8 rings (SSSR count). The molecule has 2 unspecified atom stereocenters. The molecule has 0 aromatic carbocycles. The van der Waals surface area contributed by atoms with Crippen LogP contribution in [0, 0.1) is 12.8 Å². The van der Waals surface area contributed by atoms with Gasteiger partial charge in [-0.25, -0.2) is 22.9 Å². The van der Waals surface area contributed by atoms with E-state index in [1.165, 1.54) is 6.26 Å². The van der Waals surface area contributed by atoms with Crippen molar-refractivity contribution < 1.29 is 22.7 Å². The molecule has 4 aliphatic rings. The van der Waals surface area contributed by atoms with E-state index in [4.69, 9.17) is 24.5 Å². The van der Waals surface area contributed by atoms with Gasteiger partial charge in [0.25, 0.3) is 0 Å². The number of carbonyl (C=O) groups is 1. The van der Waals surface area contributed by atoms with Crippen LogP contribution in [0.5, 0.6) is 5.75 Å². The molecule has 1 amide bonds. The molecule has 0 radical (unpaired) electrons. The second kappa shape index (κ2) is 11.6. The van der Waals surface area contributed by atoms with Crippen molar-refractivity contribution in [2.24, 2.45) is 5.92 Å². The third kappa shape index (κ3) is 5.90. The fourth-order valence-electron chi connectivity index (χ4n) is 7.19. The fourth-order valence-corrected chi connectivity index (χ4v) is 8.36. The highest BCUT2D eigenvalue weighted by Gasteiger charge is 2.49. The van der Waals surface area contributed by atoms with Gasteiger partial charge >= 0.3 is 6.09 Å². The van der Waals surface area contributed by atoms with Crippen LogP contribution in [-0.4, -0.2) is 107 Å². The van der Waals surface area contributed by atoms with E-state index in [-0.39, 0.29) is 35.9 Å². The van der Waals surface area contributed by atoms with Crippen LogP contribution in [0.3, 0.4) is 0 Å². The average Bonchev–Trinajstić information content (AvgIpc) is 3.46. The molecule has 254 valence electrons. The Kier molecular flexibility index (Phi) is 7.76. The molecule has 0 N–H and O–H groups in total. The number of hydrogen-bond donors (Lipinski definition) is 0. The highest BCUT2D eigenvalue weighted by molar-refractivity contribution is 7.90. The normalized spacial score (nSPS) is 22.4. The van der Waals surface area contributed by atoms with E-state index in [0.717, 1.165) is 40.1 Å². The van der Waals surface area contributed by atoms with E-state index in [9.17, 15) is 13.2 Å². The summed E-state index contributed by atoms with van der Waals surface area (Å²) in [7, 11) is -1.48. The van der Waals surface area contributed by atoms with Crippen molar-refractivity contribution in [3.05, 3.63) is 48.5 Å². The predicted molar refractivity (Wildman–Crippen MR) is 184 cm³/mol. The minimum Gasteiger partial charge on any atom is -0.496 e. The van der Waals surface area contributed by atoms with Crippen molar-refractivity contribution in [2.45, 2.75) is 64.8 Å².